The summed E-state index contributed by atoms with van der Waals surface area (Å²) in [6.45, 7) is 5.36. The van der Waals surface area contributed by atoms with Crippen molar-refractivity contribution in [3.8, 4) is 0 Å². The van der Waals surface area contributed by atoms with Crippen LogP contribution in [0.1, 0.15) is 65.7 Å². The minimum absolute atomic E-state index is 0.00605. The third-order valence-corrected chi connectivity index (χ3v) is 7.69. The van der Waals surface area contributed by atoms with E-state index < -0.39 is 43.8 Å². The summed E-state index contributed by atoms with van der Waals surface area (Å²) in [5.41, 5.74) is -8.56. The molecule has 0 aromatic carbocycles. The number of rotatable bonds is 5. The summed E-state index contributed by atoms with van der Waals surface area (Å²) in [4.78, 5) is 12.6. The number of hydrogen-bond acceptors (Lipinski definition) is 5. The Morgan fingerprint density at radius 3 is 2.18 bits per heavy atom. The highest BCUT2D eigenvalue weighted by Crippen LogP contribution is 2.63. The van der Waals surface area contributed by atoms with Gasteiger partial charge in [0.15, 0.2) is 0 Å². The summed E-state index contributed by atoms with van der Waals surface area (Å²) in [5, 5.41) is 12.7. The summed E-state index contributed by atoms with van der Waals surface area (Å²) >= 11 is 0. The highest BCUT2D eigenvalue weighted by molar-refractivity contribution is 7.91. The van der Waals surface area contributed by atoms with Crippen LogP contribution in [0.2, 0.25) is 0 Å². The van der Waals surface area contributed by atoms with Gasteiger partial charge in [-0.25, -0.2) is 0 Å². The Morgan fingerprint density at radius 2 is 1.71 bits per heavy atom. The van der Waals surface area contributed by atoms with E-state index in [0.717, 1.165) is 6.42 Å². The molecular weight excluding hydrogens is 399 g/mol. The normalized spacial score (nSPS) is 35.9. The molecule has 0 aromatic rings. The van der Waals surface area contributed by atoms with Crippen molar-refractivity contribution in [2.45, 2.75) is 76.8 Å². The van der Waals surface area contributed by atoms with Crippen LogP contribution in [0.4, 0.5) is 13.2 Å². The van der Waals surface area contributed by atoms with Crippen LogP contribution in [0.3, 0.4) is 0 Å². The molecule has 0 aliphatic heterocycles. The van der Waals surface area contributed by atoms with E-state index in [1.807, 2.05) is 6.92 Å². The molecule has 6 nitrogen and oxygen atoms in total. The van der Waals surface area contributed by atoms with Crippen LogP contribution in [0.5, 0.6) is 0 Å². The van der Waals surface area contributed by atoms with E-state index in [9.17, 15) is 31.5 Å². The molecule has 4 bridgehead atoms. The molecule has 28 heavy (non-hydrogen) atoms. The van der Waals surface area contributed by atoms with Crippen LogP contribution in [0, 0.1) is 22.7 Å². The van der Waals surface area contributed by atoms with Gasteiger partial charge in [-0.2, -0.15) is 26.0 Å². The molecule has 4 rings (SSSR count). The Kier molecular flexibility index (Phi) is 4.84. The molecule has 4 aliphatic rings. The molecule has 4 saturated carbocycles. The van der Waals surface area contributed by atoms with Gasteiger partial charge < -0.3 is 9.84 Å². The Labute approximate surface area is 162 Å². The molecule has 0 radical (unpaired) electrons. The van der Waals surface area contributed by atoms with Gasteiger partial charge in [-0.15, -0.1) is 0 Å². The van der Waals surface area contributed by atoms with E-state index in [1.54, 1.807) is 13.8 Å². The van der Waals surface area contributed by atoms with Gasteiger partial charge in [0.1, 0.15) is 5.60 Å². The molecule has 2 atom stereocenters. The molecule has 0 saturated heterocycles. The van der Waals surface area contributed by atoms with Gasteiger partial charge in [-0.05, 0) is 76.5 Å². The maximum atomic E-state index is 12.7. The fraction of sp³-hybridized carbons (Fsp3) is 0.889. The Hall–Kier alpha value is -1.32. The lowest BCUT2D eigenvalue weighted by Crippen LogP contribution is -2.62. The van der Waals surface area contributed by atoms with E-state index in [2.05, 4.69) is 4.40 Å². The Bertz CT molecular complexity index is 789. The molecule has 4 aliphatic carbocycles. The maximum absolute atomic E-state index is 12.7. The van der Waals surface area contributed by atoms with E-state index in [0.29, 0.717) is 19.3 Å². The highest BCUT2D eigenvalue weighted by Gasteiger charge is 2.60. The summed E-state index contributed by atoms with van der Waals surface area (Å²) in [6.07, 6.45) is 3.07. The van der Waals surface area contributed by atoms with Crippen molar-refractivity contribution in [1.29, 1.82) is 0 Å². The molecule has 2 unspecified atom stereocenters. The third kappa shape index (κ3) is 3.52. The number of hydrogen-bond donors (Lipinski definition) is 0. The van der Waals surface area contributed by atoms with Gasteiger partial charge in [0.25, 0.3) is 0 Å². The largest absolute Gasteiger partial charge is 0.861 e. The fourth-order valence-corrected chi connectivity index (χ4v) is 5.80. The zero-order valence-corrected chi connectivity index (χ0v) is 17.0. The van der Waals surface area contributed by atoms with Crippen molar-refractivity contribution in [3.05, 3.63) is 0 Å². The molecule has 10 heteroatoms. The molecule has 160 valence electrons. The second-order valence-corrected chi connectivity index (χ2v) is 11.0. The molecule has 0 heterocycles. The summed E-state index contributed by atoms with van der Waals surface area (Å²) in [5.74, 6) is -1.65. The lowest BCUT2D eigenvalue weighted by Gasteiger charge is -2.62. The zero-order chi connectivity index (χ0) is 21.2. The van der Waals surface area contributed by atoms with Crippen LogP contribution in [-0.2, 0) is 19.6 Å². The lowest BCUT2D eigenvalue weighted by molar-refractivity contribution is -0.255. The smallest absolute Gasteiger partial charge is 0.518 e. The molecule has 0 aromatic heterocycles. The van der Waals surface area contributed by atoms with Crippen LogP contribution in [-0.4, -0.2) is 31.4 Å². The first-order chi connectivity index (χ1) is 12.6. The van der Waals surface area contributed by atoms with E-state index >= 15 is 0 Å². The molecular formula is C18H25F3NO5S-. The molecule has 0 amide bonds. The number of sulfonamides is 1. The number of esters is 1. The summed E-state index contributed by atoms with van der Waals surface area (Å²) in [6, 6.07) is 0. The number of alkyl halides is 3. The zero-order valence-electron chi connectivity index (χ0n) is 16.1. The topological polar surface area (TPSA) is 95.9 Å². The third-order valence-electron chi connectivity index (χ3n) is 6.70. The van der Waals surface area contributed by atoms with Gasteiger partial charge in [0, 0.05) is 5.41 Å². The lowest BCUT2D eigenvalue weighted by atomic mass is 9.47. The first-order valence-corrected chi connectivity index (χ1v) is 10.9. The Morgan fingerprint density at radius 1 is 1.18 bits per heavy atom. The first-order valence-electron chi connectivity index (χ1n) is 9.46. The van der Waals surface area contributed by atoms with Gasteiger partial charge in [0.05, 0.1) is 5.41 Å². The van der Waals surface area contributed by atoms with E-state index in [-0.39, 0.29) is 31.1 Å². The second kappa shape index (κ2) is 6.34. The Balaban J connectivity index is 1.93. The van der Waals surface area contributed by atoms with Crippen molar-refractivity contribution >= 4 is 21.9 Å². The molecule has 4 fully saturated rings. The SMILES string of the molecule is CCC(C)(C)C(=O)OC12CC3CC(C1)CC(C([O-])=NS(=O)(=O)C(F)(F)F)(C3)C2. The van der Waals surface area contributed by atoms with Crippen LogP contribution < -0.4 is 5.11 Å². The first kappa shape index (κ1) is 21.4. The number of halogens is 3. The van der Waals surface area contributed by atoms with Crippen molar-refractivity contribution in [3.63, 3.8) is 0 Å². The maximum Gasteiger partial charge on any atom is 0.518 e. The molecule has 0 N–H and O–H groups in total. The summed E-state index contributed by atoms with van der Waals surface area (Å²) < 4.78 is 69.3. The van der Waals surface area contributed by atoms with Gasteiger partial charge >= 0.3 is 21.5 Å². The van der Waals surface area contributed by atoms with E-state index in [1.165, 1.54) is 0 Å². The van der Waals surface area contributed by atoms with Crippen molar-refractivity contribution in [2.75, 3.05) is 0 Å². The standard InChI is InChI=1S/C18H26F3NO5S/c1-4-15(2,3)14(24)27-17-8-11-5-12(9-17)7-16(6-11,10-17)13(23)22-28(25,26)18(19,20)21/h11-12H,4-10H2,1-3H3,(H,22,23)/p-1. The number of carbonyl (C=O) groups is 1. The highest BCUT2D eigenvalue weighted by atomic mass is 32.2. The minimum Gasteiger partial charge on any atom is -0.861 e. The predicted octanol–water partition coefficient (Wildman–Crippen LogP) is 2.91. The van der Waals surface area contributed by atoms with Crippen molar-refractivity contribution in [1.82, 2.24) is 0 Å². The monoisotopic (exact) mass is 424 g/mol. The van der Waals surface area contributed by atoms with Gasteiger partial charge in [-0.1, -0.05) is 6.92 Å². The second-order valence-electron chi connectivity index (χ2n) is 9.37. The van der Waals surface area contributed by atoms with E-state index in [4.69, 9.17) is 4.74 Å². The van der Waals surface area contributed by atoms with Crippen LogP contribution >= 0.6 is 0 Å². The number of nitrogens with zero attached hydrogens (tertiary/aromatic N) is 1. The van der Waals surface area contributed by atoms with Crippen molar-refractivity contribution in [2.24, 2.45) is 27.1 Å². The quantitative estimate of drug-likeness (QED) is 0.384. The number of carbonyl (C=O) groups excluding carboxylic acids is 1. The van der Waals surface area contributed by atoms with Gasteiger partial charge in [0.2, 0.25) is 0 Å². The van der Waals surface area contributed by atoms with Gasteiger partial charge in [-0.3, -0.25) is 4.79 Å². The van der Waals surface area contributed by atoms with Crippen LogP contribution in [0.25, 0.3) is 0 Å². The average Bonchev–Trinajstić information content (AvgIpc) is 2.51. The van der Waals surface area contributed by atoms with Crippen LogP contribution in [0.15, 0.2) is 4.40 Å². The molecule has 0 spiro atoms. The minimum atomic E-state index is -5.89. The number of ether oxygens (including phenoxy) is 1. The average molecular weight is 424 g/mol. The predicted molar refractivity (Wildman–Crippen MR) is 92.4 cm³/mol. The van der Waals surface area contributed by atoms with Crippen molar-refractivity contribution < 1.29 is 36.2 Å². The fourth-order valence-electron chi connectivity index (χ4n) is 5.28. The summed E-state index contributed by atoms with van der Waals surface area (Å²) in [7, 11) is -5.89.